The minimum atomic E-state index is -0.340. The summed E-state index contributed by atoms with van der Waals surface area (Å²) in [5.74, 6) is 1.31. The van der Waals surface area contributed by atoms with Gasteiger partial charge in [0.15, 0.2) is 0 Å². The van der Waals surface area contributed by atoms with Crippen LogP contribution in [0.3, 0.4) is 0 Å². The van der Waals surface area contributed by atoms with Crippen molar-refractivity contribution in [3.8, 4) is 22.3 Å². The zero-order chi connectivity index (χ0) is 29.0. The van der Waals surface area contributed by atoms with Crippen LogP contribution in [0.4, 0.5) is 0 Å². The summed E-state index contributed by atoms with van der Waals surface area (Å²) in [6.07, 6.45) is 15.5. The molecular formula is C38H48O3. The van der Waals surface area contributed by atoms with E-state index >= 15 is 0 Å². The number of allylic oxidation sites excluding steroid dienone is 1. The summed E-state index contributed by atoms with van der Waals surface area (Å²) in [7, 11) is 0. The van der Waals surface area contributed by atoms with E-state index in [1.165, 1.54) is 85.3 Å². The topological polar surface area (TPSA) is 46.5 Å². The molecule has 0 spiro atoms. The average molecular weight is 553 g/mol. The fourth-order valence-electron chi connectivity index (χ4n) is 6.36. The van der Waals surface area contributed by atoms with Gasteiger partial charge in [-0.05, 0) is 115 Å². The predicted octanol–water partition coefficient (Wildman–Crippen LogP) is 9.73. The number of aryl methyl sites for hydroxylation is 2. The Morgan fingerprint density at radius 3 is 2.29 bits per heavy atom. The normalized spacial score (nSPS) is 17.2. The van der Waals surface area contributed by atoms with Crippen LogP contribution in [0, 0.1) is 12.8 Å². The zero-order valence-corrected chi connectivity index (χ0v) is 25.3. The van der Waals surface area contributed by atoms with Crippen molar-refractivity contribution in [2.24, 2.45) is 5.92 Å². The maximum absolute atomic E-state index is 11.9. The smallest absolute Gasteiger partial charge is 0.330 e. The maximum atomic E-state index is 11.9. The number of hydrogen-bond donors (Lipinski definition) is 1. The van der Waals surface area contributed by atoms with E-state index in [1.807, 2.05) is 0 Å². The van der Waals surface area contributed by atoms with Crippen LogP contribution in [0.2, 0.25) is 0 Å². The van der Waals surface area contributed by atoms with Gasteiger partial charge in [0.25, 0.3) is 0 Å². The van der Waals surface area contributed by atoms with Gasteiger partial charge in [-0.25, -0.2) is 4.79 Å². The minimum absolute atomic E-state index is 0.140. The molecule has 3 heteroatoms. The molecule has 1 N–H and O–H groups in total. The first-order valence-electron chi connectivity index (χ1n) is 15.8. The SMILES string of the molecule is C/C=C/C(=O)OCc1cc(-c2ccc(-c3ccc(C4CCC(CCCCC)CC4)cc3)cc2C)ccc1CCCO. The van der Waals surface area contributed by atoms with Crippen molar-refractivity contribution in [2.45, 2.75) is 97.5 Å². The van der Waals surface area contributed by atoms with E-state index in [0.717, 1.165) is 29.0 Å². The highest BCUT2D eigenvalue weighted by atomic mass is 16.5. The Bertz CT molecular complexity index is 1280. The molecule has 1 aliphatic rings. The van der Waals surface area contributed by atoms with Crippen LogP contribution in [-0.4, -0.2) is 17.7 Å². The average Bonchev–Trinajstić information content (AvgIpc) is 3.00. The Labute approximate surface area is 247 Å². The largest absolute Gasteiger partial charge is 0.458 e. The molecule has 3 nitrogen and oxygen atoms in total. The van der Waals surface area contributed by atoms with E-state index in [2.05, 4.69) is 74.5 Å². The fraction of sp³-hybridized carbons (Fsp3) is 0.447. The van der Waals surface area contributed by atoms with E-state index in [0.29, 0.717) is 12.3 Å². The van der Waals surface area contributed by atoms with Crippen molar-refractivity contribution >= 4 is 5.97 Å². The quantitative estimate of drug-likeness (QED) is 0.130. The number of rotatable bonds is 13. The molecule has 3 aromatic rings. The lowest BCUT2D eigenvalue weighted by atomic mass is 9.77. The molecule has 0 heterocycles. The van der Waals surface area contributed by atoms with Crippen LogP contribution in [0.1, 0.15) is 99.8 Å². The van der Waals surface area contributed by atoms with Gasteiger partial charge in [0.1, 0.15) is 6.61 Å². The lowest BCUT2D eigenvalue weighted by Gasteiger charge is -2.29. The van der Waals surface area contributed by atoms with Gasteiger partial charge in [0.05, 0.1) is 0 Å². The molecule has 0 bridgehead atoms. The predicted molar refractivity (Wildman–Crippen MR) is 171 cm³/mol. The summed E-state index contributed by atoms with van der Waals surface area (Å²) < 4.78 is 5.48. The van der Waals surface area contributed by atoms with E-state index in [1.54, 1.807) is 13.0 Å². The van der Waals surface area contributed by atoms with Gasteiger partial charge in [-0.3, -0.25) is 0 Å². The second-order valence-corrected chi connectivity index (χ2v) is 11.8. The van der Waals surface area contributed by atoms with Crippen molar-refractivity contribution < 1.29 is 14.6 Å². The number of aliphatic hydroxyl groups excluding tert-OH is 1. The van der Waals surface area contributed by atoms with Crippen LogP contribution in [0.5, 0.6) is 0 Å². The second kappa shape index (κ2) is 15.7. The number of ether oxygens (including phenoxy) is 1. The lowest BCUT2D eigenvalue weighted by molar-refractivity contribution is -0.139. The highest BCUT2D eigenvalue weighted by molar-refractivity contribution is 5.81. The van der Waals surface area contributed by atoms with E-state index in [4.69, 9.17) is 4.74 Å². The van der Waals surface area contributed by atoms with Gasteiger partial charge >= 0.3 is 5.97 Å². The first kappa shape index (κ1) is 30.8. The number of unbranched alkanes of at least 4 members (excludes halogenated alkanes) is 2. The molecule has 4 rings (SSSR count). The summed E-state index contributed by atoms with van der Waals surface area (Å²) in [6, 6.07) is 22.4. The minimum Gasteiger partial charge on any atom is -0.458 e. The van der Waals surface area contributed by atoms with Crippen molar-refractivity contribution in [3.63, 3.8) is 0 Å². The van der Waals surface area contributed by atoms with Crippen molar-refractivity contribution in [3.05, 3.63) is 95.1 Å². The summed E-state index contributed by atoms with van der Waals surface area (Å²) in [4.78, 5) is 11.9. The Morgan fingerprint density at radius 2 is 1.61 bits per heavy atom. The van der Waals surface area contributed by atoms with Gasteiger partial charge < -0.3 is 9.84 Å². The van der Waals surface area contributed by atoms with Crippen LogP contribution in [0.25, 0.3) is 22.3 Å². The van der Waals surface area contributed by atoms with Crippen molar-refractivity contribution in [2.75, 3.05) is 6.61 Å². The molecule has 0 amide bonds. The second-order valence-electron chi connectivity index (χ2n) is 11.8. The Kier molecular flexibility index (Phi) is 11.8. The number of carbonyl (C=O) groups excluding carboxylic acids is 1. The Balaban J connectivity index is 1.45. The van der Waals surface area contributed by atoms with Crippen LogP contribution in [-0.2, 0) is 22.6 Å². The molecule has 1 aliphatic carbocycles. The van der Waals surface area contributed by atoms with Crippen LogP contribution >= 0.6 is 0 Å². The monoisotopic (exact) mass is 552 g/mol. The molecule has 218 valence electrons. The molecule has 0 radical (unpaired) electrons. The van der Waals surface area contributed by atoms with Crippen molar-refractivity contribution in [1.29, 1.82) is 0 Å². The van der Waals surface area contributed by atoms with E-state index in [-0.39, 0.29) is 19.2 Å². The van der Waals surface area contributed by atoms with Gasteiger partial charge in [-0.15, -0.1) is 0 Å². The first-order valence-corrected chi connectivity index (χ1v) is 15.8. The maximum Gasteiger partial charge on any atom is 0.330 e. The molecule has 0 atom stereocenters. The molecule has 0 saturated heterocycles. The van der Waals surface area contributed by atoms with Gasteiger partial charge in [0, 0.05) is 12.7 Å². The van der Waals surface area contributed by atoms with Crippen LogP contribution in [0.15, 0.2) is 72.8 Å². The third-order valence-electron chi connectivity index (χ3n) is 8.80. The Morgan fingerprint density at radius 1 is 0.878 bits per heavy atom. The van der Waals surface area contributed by atoms with E-state index < -0.39 is 0 Å². The highest BCUT2D eigenvalue weighted by Crippen LogP contribution is 2.38. The molecule has 0 aliphatic heterocycles. The molecule has 3 aromatic carbocycles. The number of esters is 1. The molecule has 41 heavy (non-hydrogen) atoms. The molecular weight excluding hydrogens is 504 g/mol. The van der Waals surface area contributed by atoms with Crippen LogP contribution < -0.4 is 0 Å². The highest BCUT2D eigenvalue weighted by Gasteiger charge is 2.22. The van der Waals surface area contributed by atoms with Gasteiger partial charge in [-0.2, -0.15) is 0 Å². The summed E-state index contributed by atoms with van der Waals surface area (Å²) in [6.45, 7) is 6.62. The molecule has 1 fully saturated rings. The summed E-state index contributed by atoms with van der Waals surface area (Å²) in [5, 5.41) is 9.33. The van der Waals surface area contributed by atoms with E-state index in [9.17, 15) is 9.90 Å². The summed E-state index contributed by atoms with van der Waals surface area (Å²) in [5.41, 5.74) is 9.59. The number of carbonyl (C=O) groups is 1. The molecule has 1 saturated carbocycles. The Hall–Kier alpha value is -3.17. The third kappa shape index (κ3) is 8.66. The standard InChI is InChI=1S/C38H48O3/c1-4-6-7-10-29-12-14-31(15-13-29)32-16-18-33(19-17-32)34-22-23-37(28(3)25-34)35-21-20-30(11-8-24-39)36(26-35)27-41-38(40)9-5-2/h5,9,16-23,25-26,29,31,39H,4,6-8,10-15,24,27H2,1-3H3/b9-5+. The zero-order valence-electron chi connectivity index (χ0n) is 25.3. The lowest BCUT2D eigenvalue weighted by Crippen LogP contribution is -2.13. The van der Waals surface area contributed by atoms with Gasteiger partial charge in [0.2, 0.25) is 0 Å². The van der Waals surface area contributed by atoms with Gasteiger partial charge in [-0.1, -0.05) is 93.3 Å². The summed E-state index contributed by atoms with van der Waals surface area (Å²) >= 11 is 0. The number of hydrogen-bond acceptors (Lipinski definition) is 3. The van der Waals surface area contributed by atoms with Crippen molar-refractivity contribution in [1.82, 2.24) is 0 Å². The molecule has 0 aromatic heterocycles. The third-order valence-corrected chi connectivity index (χ3v) is 8.80. The fourth-order valence-corrected chi connectivity index (χ4v) is 6.36. The number of aliphatic hydroxyl groups is 1. The first-order chi connectivity index (χ1) is 20.0. The number of benzene rings is 3. The molecule has 0 unspecified atom stereocenters.